The molecule has 1 aliphatic rings. The maximum atomic E-state index is 11.9. The van der Waals surface area contributed by atoms with Gasteiger partial charge in [-0.15, -0.1) is 0 Å². The van der Waals surface area contributed by atoms with E-state index in [9.17, 15) is 4.79 Å². The molecule has 1 saturated carbocycles. The van der Waals surface area contributed by atoms with Crippen molar-refractivity contribution in [3.8, 4) is 5.75 Å². The topological polar surface area (TPSA) is 64.3 Å². The molecule has 104 valence electrons. The Bertz CT molecular complexity index is 434. The highest BCUT2D eigenvalue weighted by molar-refractivity contribution is 5.79. The molecule has 2 atom stereocenters. The molecule has 0 bridgehead atoms. The summed E-state index contributed by atoms with van der Waals surface area (Å²) in [4.78, 5) is 11.9. The fraction of sp³-hybridized carbons (Fsp3) is 0.533. The third-order valence-corrected chi connectivity index (χ3v) is 3.69. The Kier molecular flexibility index (Phi) is 4.80. The molecule has 1 aromatic rings. The number of carbonyl (C=O) groups excluding carboxylic acids is 1. The molecular weight excluding hydrogens is 240 g/mol. The number of rotatable bonds is 5. The summed E-state index contributed by atoms with van der Waals surface area (Å²) in [5, 5.41) is 3.00. The summed E-state index contributed by atoms with van der Waals surface area (Å²) >= 11 is 0. The normalized spacial score (nSPS) is 22.2. The molecule has 0 spiro atoms. The summed E-state index contributed by atoms with van der Waals surface area (Å²) in [6, 6.07) is 8.13. The molecule has 3 N–H and O–H groups in total. The van der Waals surface area contributed by atoms with Crippen LogP contribution in [0.3, 0.4) is 0 Å². The van der Waals surface area contributed by atoms with E-state index in [-0.39, 0.29) is 17.9 Å². The fourth-order valence-corrected chi connectivity index (χ4v) is 2.56. The second kappa shape index (κ2) is 6.57. The van der Waals surface area contributed by atoms with Gasteiger partial charge in [-0.2, -0.15) is 0 Å². The molecule has 4 nitrogen and oxygen atoms in total. The molecule has 0 saturated heterocycles. The summed E-state index contributed by atoms with van der Waals surface area (Å²) in [7, 11) is 1.66. The van der Waals surface area contributed by atoms with Crippen LogP contribution in [-0.4, -0.2) is 25.6 Å². The molecule has 4 heteroatoms. The monoisotopic (exact) mass is 262 g/mol. The molecule has 2 unspecified atom stereocenters. The largest absolute Gasteiger partial charge is 0.497 e. The second-order valence-corrected chi connectivity index (χ2v) is 5.16. The van der Waals surface area contributed by atoms with Gasteiger partial charge in [0.05, 0.1) is 7.11 Å². The molecule has 0 aromatic heterocycles. The zero-order chi connectivity index (χ0) is 13.7. The predicted molar refractivity (Wildman–Crippen MR) is 75.0 cm³/mol. The molecule has 1 amide bonds. The van der Waals surface area contributed by atoms with E-state index in [2.05, 4.69) is 5.32 Å². The van der Waals surface area contributed by atoms with E-state index in [4.69, 9.17) is 10.5 Å². The van der Waals surface area contributed by atoms with Crippen LogP contribution in [0.25, 0.3) is 0 Å². The molecular formula is C15H22N2O2. The van der Waals surface area contributed by atoms with Gasteiger partial charge in [0, 0.05) is 18.5 Å². The third kappa shape index (κ3) is 3.96. The van der Waals surface area contributed by atoms with E-state index < -0.39 is 0 Å². The minimum absolute atomic E-state index is 0.111. The Balaban J connectivity index is 1.75. The van der Waals surface area contributed by atoms with E-state index in [1.807, 2.05) is 24.3 Å². The first-order valence-corrected chi connectivity index (χ1v) is 6.85. The van der Waals surface area contributed by atoms with Crippen LogP contribution >= 0.6 is 0 Å². The van der Waals surface area contributed by atoms with Crippen molar-refractivity contribution in [1.82, 2.24) is 5.32 Å². The van der Waals surface area contributed by atoms with Crippen molar-refractivity contribution in [2.45, 2.75) is 31.7 Å². The van der Waals surface area contributed by atoms with Crippen molar-refractivity contribution in [3.05, 3.63) is 29.8 Å². The molecule has 0 aliphatic heterocycles. The Hall–Kier alpha value is -1.55. The zero-order valence-electron chi connectivity index (χ0n) is 11.4. The van der Waals surface area contributed by atoms with Gasteiger partial charge in [0.25, 0.3) is 0 Å². The summed E-state index contributed by atoms with van der Waals surface area (Å²) in [5.74, 6) is 1.11. The van der Waals surface area contributed by atoms with Gasteiger partial charge in [-0.25, -0.2) is 0 Å². The number of hydrogen-bond acceptors (Lipinski definition) is 3. The van der Waals surface area contributed by atoms with E-state index in [1.165, 1.54) is 5.56 Å². The predicted octanol–water partition coefficient (Wildman–Crippen LogP) is 1.48. The van der Waals surface area contributed by atoms with Crippen LogP contribution in [0.1, 0.15) is 24.8 Å². The van der Waals surface area contributed by atoms with Gasteiger partial charge in [-0.1, -0.05) is 12.1 Å². The van der Waals surface area contributed by atoms with Crippen LogP contribution in [-0.2, 0) is 11.2 Å². The maximum absolute atomic E-state index is 11.9. The highest BCUT2D eigenvalue weighted by Gasteiger charge is 2.27. The number of ether oxygens (including phenoxy) is 1. The summed E-state index contributed by atoms with van der Waals surface area (Å²) in [6.45, 7) is 0.664. The van der Waals surface area contributed by atoms with Gasteiger partial charge in [0.15, 0.2) is 0 Å². The first kappa shape index (κ1) is 13.9. The van der Waals surface area contributed by atoms with Crippen LogP contribution in [0.15, 0.2) is 24.3 Å². The van der Waals surface area contributed by atoms with E-state index in [0.717, 1.165) is 31.4 Å². The minimum atomic E-state index is 0.111. The number of hydrogen-bond donors (Lipinski definition) is 2. The van der Waals surface area contributed by atoms with Crippen molar-refractivity contribution >= 4 is 5.91 Å². The second-order valence-electron chi connectivity index (χ2n) is 5.16. The van der Waals surface area contributed by atoms with Gasteiger partial charge in [0.1, 0.15) is 5.75 Å². The number of methoxy groups -OCH3 is 1. The first-order valence-electron chi connectivity index (χ1n) is 6.85. The summed E-state index contributed by atoms with van der Waals surface area (Å²) in [6.07, 6.45) is 3.53. The Morgan fingerprint density at radius 1 is 1.47 bits per heavy atom. The minimum Gasteiger partial charge on any atom is -0.497 e. The van der Waals surface area contributed by atoms with Crippen molar-refractivity contribution in [2.75, 3.05) is 13.7 Å². The van der Waals surface area contributed by atoms with Crippen LogP contribution < -0.4 is 15.8 Å². The first-order chi connectivity index (χ1) is 9.19. The molecule has 1 aromatic carbocycles. The van der Waals surface area contributed by atoms with Crippen LogP contribution in [0.5, 0.6) is 5.75 Å². The lowest BCUT2D eigenvalue weighted by Gasteiger charge is -2.11. The van der Waals surface area contributed by atoms with Gasteiger partial charge < -0.3 is 15.8 Å². The molecule has 1 fully saturated rings. The number of nitrogens with two attached hydrogens (primary N) is 1. The standard InChI is InChI=1S/C15H22N2O2/c1-19-14-4-2-3-11(9-14)7-8-17-15(18)12-5-6-13(16)10-12/h2-4,9,12-13H,5-8,10,16H2,1H3,(H,17,18). The lowest BCUT2D eigenvalue weighted by Crippen LogP contribution is -2.31. The average molecular weight is 262 g/mol. The number of carbonyl (C=O) groups is 1. The Morgan fingerprint density at radius 2 is 2.32 bits per heavy atom. The third-order valence-electron chi connectivity index (χ3n) is 3.69. The SMILES string of the molecule is COc1cccc(CCNC(=O)C2CCC(N)C2)c1. The molecule has 0 radical (unpaired) electrons. The van der Waals surface area contributed by atoms with Crippen LogP contribution in [0.4, 0.5) is 0 Å². The van der Waals surface area contributed by atoms with Gasteiger partial charge in [0.2, 0.25) is 5.91 Å². The van der Waals surface area contributed by atoms with Crippen LogP contribution in [0, 0.1) is 5.92 Å². The molecule has 0 heterocycles. The van der Waals surface area contributed by atoms with Gasteiger partial charge in [-0.05, 0) is 43.4 Å². The lowest BCUT2D eigenvalue weighted by atomic mass is 10.1. The average Bonchev–Trinajstić information content (AvgIpc) is 2.86. The summed E-state index contributed by atoms with van der Waals surface area (Å²) in [5.41, 5.74) is 6.99. The highest BCUT2D eigenvalue weighted by Crippen LogP contribution is 2.24. The van der Waals surface area contributed by atoms with Crippen molar-refractivity contribution in [1.29, 1.82) is 0 Å². The number of nitrogens with one attached hydrogen (secondary N) is 1. The Morgan fingerprint density at radius 3 is 3.00 bits per heavy atom. The smallest absolute Gasteiger partial charge is 0.223 e. The van der Waals surface area contributed by atoms with Crippen molar-refractivity contribution < 1.29 is 9.53 Å². The van der Waals surface area contributed by atoms with Crippen molar-refractivity contribution in [2.24, 2.45) is 11.7 Å². The van der Waals surface area contributed by atoms with E-state index in [0.29, 0.717) is 6.54 Å². The van der Waals surface area contributed by atoms with Crippen molar-refractivity contribution in [3.63, 3.8) is 0 Å². The van der Waals surface area contributed by atoms with E-state index in [1.54, 1.807) is 7.11 Å². The molecule has 2 rings (SSSR count). The van der Waals surface area contributed by atoms with Gasteiger partial charge in [-0.3, -0.25) is 4.79 Å². The fourth-order valence-electron chi connectivity index (χ4n) is 2.56. The highest BCUT2D eigenvalue weighted by atomic mass is 16.5. The molecule has 19 heavy (non-hydrogen) atoms. The molecule has 1 aliphatic carbocycles. The maximum Gasteiger partial charge on any atom is 0.223 e. The Labute approximate surface area is 114 Å². The van der Waals surface area contributed by atoms with Crippen LogP contribution in [0.2, 0.25) is 0 Å². The van der Waals surface area contributed by atoms with E-state index >= 15 is 0 Å². The quantitative estimate of drug-likeness (QED) is 0.845. The number of amides is 1. The lowest BCUT2D eigenvalue weighted by molar-refractivity contribution is -0.124. The van der Waals surface area contributed by atoms with Gasteiger partial charge >= 0.3 is 0 Å². The number of benzene rings is 1. The zero-order valence-corrected chi connectivity index (χ0v) is 11.4. The summed E-state index contributed by atoms with van der Waals surface area (Å²) < 4.78 is 5.17.